The Kier molecular flexibility index (Phi) is 6.59. The molecule has 0 saturated heterocycles. The first kappa shape index (κ1) is 19.5. The molecule has 0 spiro atoms. The Balaban J connectivity index is 1.68. The Morgan fingerprint density at radius 1 is 1.19 bits per heavy atom. The van der Waals surface area contributed by atoms with E-state index in [0.717, 1.165) is 19.4 Å². The summed E-state index contributed by atoms with van der Waals surface area (Å²) in [5, 5.41) is 3.27. The van der Waals surface area contributed by atoms with Crippen LogP contribution < -0.4 is 5.32 Å². The number of carbonyl (C=O) groups excluding carboxylic acids is 1. The third kappa shape index (κ3) is 5.38. The molecular weight excluding hydrogens is 334 g/mol. The van der Waals surface area contributed by atoms with E-state index in [1.807, 2.05) is 4.90 Å². The quantitative estimate of drug-likeness (QED) is 0.758. The van der Waals surface area contributed by atoms with Crippen LogP contribution >= 0.6 is 0 Å². The lowest BCUT2D eigenvalue weighted by Gasteiger charge is -2.31. The normalized spacial score (nSPS) is 15.1. The number of benzene rings is 1. The Morgan fingerprint density at radius 2 is 1.96 bits per heavy atom. The van der Waals surface area contributed by atoms with E-state index < -0.39 is 0 Å². The molecule has 1 aromatic carbocycles. The zero-order valence-electron chi connectivity index (χ0n) is 16.9. The number of urea groups is 1. The number of carbonyl (C=O) groups is 1. The molecule has 2 aromatic rings. The fraction of sp³-hybridized carbons (Fsp3) is 0.522. The molecule has 2 amide bonds. The molecular formula is C23H33N3O. The smallest absolute Gasteiger partial charge is 0.318 e. The van der Waals surface area contributed by atoms with Crippen LogP contribution in [-0.4, -0.2) is 27.6 Å². The largest absolute Gasteiger partial charge is 0.345 e. The van der Waals surface area contributed by atoms with Crippen LogP contribution in [0.25, 0.3) is 0 Å². The highest BCUT2D eigenvalue weighted by Gasteiger charge is 2.22. The lowest BCUT2D eigenvalue weighted by atomic mass is 9.96. The summed E-state index contributed by atoms with van der Waals surface area (Å²) in [4.78, 5) is 14.9. The summed E-state index contributed by atoms with van der Waals surface area (Å²) in [6, 6.07) is 13.4. The van der Waals surface area contributed by atoms with Gasteiger partial charge in [0.1, 0.15) is 0 Å². The SMILES string of the molecule is Cc1cccc(Cn2cccc2CN(C(=O)NC2CCCCC2)C(C)C)c1. The first-order valence-electron chi connectivity index (χ1n) is 10.3. The van der Waals surface area contributed by atoms with Gasteiger partial charge in [-0.2, -0.15) is 0 Å². The molecule has 0 unspecified atom stereocenters. The summed E-state index contributed by atoms with van der Waals surface area (Å²) in [6.45, 7) is 7.77. The highest BCUT2D eigenvalue weighted by atomic mass is 16.2. The zero-order chi connectivity index (χ0) is 19.2. The van der Waals surface area contributed by atoms with Crippen LogP contribution in [0, 0.1) is 6.92 Å². The van der Waals surface area contributed by atoms with Crippen molar-refractivity contribution >= 4 is 6.03 Å². The van der Waals surface area contributed by atoms with Gasteiger partial charge in [-0.3, -0.25) is 0 Å². The second-order valence-corrected chi connectivity index (χ2v) is 8.12. The average molecular weight is 368 g/mol. The van der Waals surface area contributed by atoms with E-state index in [9.17, 15) is 4.79 Å². The van der Waals surface area contributed by atoms with Gasteiger partial charge in [0.25, 0.3) is 0 Å². The van der Waals surface area contributed by atoms with Gasteiger partial charge in [-0.1, -0.05) is 49.1 Å². The van der Waals surface area contributed by atoms with E-state index in [1.54, 1.807) is 0 Å². The van der Waals surface area contributed by atoms with Crippen molar-refractivity contribution in [2.45, 2.75) is 78.0 Å². The van der Waals surface area contributed by atoms with Crippen LogP contribution in [0.15, 0.2) is 42.6 Å². The van der Waals surface area contributed by atoms with Crippen LogP contribution in [0.5, 0.6) is 0 Å². The van der Waals surface area contributed by atoms with Crippen molar-refractivity contribution in [1.82, 2.24) is 14.8 Å². The summed E-state index contributed by atoms with van der Waals surface area (Å²) in [5.41, 5.74) is 3.73. The lowest BCUT2D eigenvalue weighted by molar-refractivity contribution is 0.171. The third-order valence-electron chi connectivity index (χ3n) is 5.51. The number of nitrogens with one attached hydrogen (secondary N) is 1. The van der Waals surface area contributed by atoms with E-state index in [1.165, 1.54) is 36.1 Å². The van der Waals surface area contributed by atoms with Crippen molar-refractivity contribution in [2.24, 2.45) is 0 Å². The predicted molar refractivity (Wildman–Crippen MR) is 111 cm³/mol. The van der Waals surface area contributed by atoms with Gasteiger partial charge >= 0.3 is 6.03 Å². The number of aryl methyl sites for hydroxylation is 1. The molecule has 0 radical (unpaired) electrons. The number of rotatable bonds is 6. The van der Waals surface area contributed by atoms with Gasteiger partial charge in [-0.05, 0) is 51.3 Å². The van der Waals surface area contributed by atoms with Crippen molar-refractivity contribution in [2.75, 3.05) is 0 Å². The first-order valence-corrected chi connectivity index (χ1v) is 10.3. The molecule has 1 heterocycles. The maximum absolute atomic E-state index is 12.9. The van der Waals surface area contributed by atoms with Crippen molar-refractivity contribution in [1.29, 1.82) is 0 Å². The van der Waals surface area contributed by atoms with Crippen molar-refractivity contribution in [3.05, 3.63) is 59.4 Å². The lowest BCUT2D eigenvalue weighted by Crippen LogP contribution is -2.48. The van der Waals surface area contributed by atoms with Gasteiger partial charge in [0, 0.05) is 30.5 Å². The molecule has 1 aromatic heterocycles. The second kappa shape index (κ2) is 9.12. The van der Waals surface area contributed by atoms with E-state index in [4.69, 9.17) is 0 Å². The molecule has 1 fully saturated rings. The standard InChI is InChI=1S/C23H33N3O/c1-18(2)26(23(27)24-21-11-5-4-6-12-21)17-22-13-8-14-25(22)16-20-10-7-9-19(3)15-20/h7-10,13-15,18,21H,4-6,11-12,16-17H2,1-3H3,(H,24,27). The van der Waals surface area contributed by atoms with Gasteiger partial charge < -0.3 is 14.8 Å². The monoisotopic (exact) mass is 367 g/mol. The number of nitrogens with zero attached hydrogens (tertiary/aromatic N) is 2. The minimum atomic E-state index is 0.0696. The van der Waals surface area contributed by atoms with Gasteiger partial charge in [-0.15, -0.1) is 0 Å². The Bertz CT molecular complexity index is 744. The predicted octanol–water partition coefficient (Wildman–Crippen LogP) is 5.10. The van der Waals surface area contributed by atoms with E-state index in [0.29, 0.717) is 12.6 Å². The third-order valence-corrected chi connectivity index (χ3v) is 5.51. The highest BCUT2D eigenvalue weighted by Crippen LogP contribution is 2.19. The zero-order valence-corrected chi connectivity index (χ0v) is 16.9. The van der Waals surface area contributed by atoms with E-state index in [-0.39, 0.29) is 12.1 Å². The van der Waals surface area contributed by atoms with Crippen LogP contribution in [-0.2, 0) is 13.1 Å². The number of amides is 2. The Labute approximate surface area is 163 Å². The fourth-order valence-corrected chi connectivity index (χ4v) is 3.92. The Hall–Kier alpha value is -2.23. The summed E-state index contributed by atoms with van der Waals surface area (Å²) in [7, 11) is 0. The van der Waals surface area contributed by atoms with Crippen LogP contribution in [0.3, 0.4) is 0 Å². The number of aromatic nitrogens is 1. The summed E-state index contributed by atoms with van der Waals surface area (Å²) in [5.74, 6) is 0. The minimum Gasteiger partial charge on any atom is -0.345 e. The first-order chi connectivity index (χ1) is 13.0. The van der Waals surface area contributed by atoms with Gasteiger partial charge in [0.05, 0.1) is 6.54 Å². The maximum atomic E-state index is 12.9. The van der Waals surface area contributed by atoms with Gasteiger partial charge in [0.15, 0.2) is 0 Å². The van der Waals surface area contributed by atoms with Crippen molar-refractivity contribution < 1.29 is 4.79 Å². The summed E-state index contributed by atoms with van der Waals surface area (Å²) >= 11 is 0. The van der Waals surface area contributed by atoms with Crippen LogP contribution in [0.1, 0.15) is 62.8 Å². The molecule has 0 atom stereocenters. The molecule has 1 N–H and O–H groups in total. The fourth-order valence-electron chi connectivity index (χ4n) is 3.92. The molecule has 1 aliphatic rings. The Morgan fingerprint density at radius 3 is 2.67 bits per heavy atom. The second-order valence-electron chi connectivity index (χ2n) is 8.12. The van der Waals surface area contributed by atoms with Crippen molar-refractivity contribution in [3.8, 4) is 0 Å². The molecule has 1 aliphatic carbocycles. The maximum Gasteiger partial charge on any atom is 0.318 e. The van der Waals surface area contributed by atoms with Crippen molar-refractivity contribution in [3.63, 3.8) is 0 Å². The van der Waals surface area contributed by atoms with E-state index in [2.05, 4.69) is 73.3 Å². The molecule has 27 heavy (non-hydrogen) atoms. The topological polar surface area (TPSA) is 37.3 Å². The number of hydrogen-bond donors (Lipinski definition) is 1. The van der Waals surface area contributed by atoms with Gasteiger partial charge in [-0.25, -0.2) is 4.79 Å². The van der Waals surface area contributed by atoms with E-state index >= 15 is 0 Å². The minimum absolute atomic E-state index is 0.0696. The molecule has 0 bridgehead atoms. The summed E-state index contributed by atoms with van der Waals surface area (Å²) in [6.07, 6.45) is 8.09. The van der Waals surface area contributed by atoms with Crippen LogP contribution in [0.4, 0.5) is 4.79 Å². The molecule has 146 valence electrons. The highest BCUT2D eigenvalue weighted by molar-refractivity contribution is 5.74. The molecule has 0 aliphatic heterocycles. The average Bonchev–Trinajstić information content (AvgIpc) is 3.07. The molecule has 3 rings (SSSR count). The molecule has 4 heteroatoms. The summed E-state index contributed by atoms with van der Waals surface area (Å²) < 4.78 is 2.25. The molecule has 1 saturated carbocycles. The number of hydrogen-bond acceptors (Lipinski definition) is 1. The van der Waals surface area contributed by atoms with Crippen LogP contribution in [0.2, 0.25) is 0 Å². The van der Waals surface area contributed by atoms with Gasteiger partial charge in [0.2, 0.25) is 0 Å². The molecule has 4 nitrogen and oxygen atoms in total.